The molecule has 0 spiro atoms. The predicted octanol–water partition coefficient (Wildman–Crippen LogP) is 3.88. The standard InChI is InChI=1S/C28H36F2N4O2/c1-17-11-18(8-10-31-17)26-23-12-19(5-7-25(23)33-34-26)27(36)32-22-3-2-9-28(15-22,16-35)14-20-4-6-21(29)13-24(20)30/h4,6,8,10-11,13,19,22-23,25-26,33-35H,2-3,5,7,9,12,14-16H2,1H3,(H,32,36). The molecule has 1 aromatic carbocycles. The van der Waals surface area contributed by atoms with Crippen LogP contribution in [0.4, 0.5) is 8.78 Å². The zero-order chi connectivity index (χ0) is 25.3. The van der Waals surface area contributed by atoms with Crippen LogP contribution in [0.3, 0.4) is 0 Å². The van der Waals surface area contributed by atoms with Gasteiger partial charge in [0.05, 0.1) is 6.04 Å². The van der Waals surface area contributed by atoms with Crippen LogP contribution < -0.4 is 16.2 Å². The molecule has 1 amide bonds. The zero-order valence-electron chi connectivity index (χ0n) is 20.8. The summed E-state index contributed by atoms with van der Waals surface area (Å²) >= 11 is 0. The Morgan fingerprint density at radius 1 is 1.19 bits per heavy atom. The number of rotatable bonds is 6. The lowest BCUT2D eigenvalue weighted by Crippen LogP contribution is -2.48. The molecule has 6 nitrogen and oxygen atoms in total. The molecule has 0 bridgehead atoms. The quantitative estimate of drug-likeness (QED) is 0.486. The van der Waals surface area contributed by atoms with Gasteiger partial charge in [0.25, 0.3) is 0 Å². The van der Waals surface area contributed by atoms with Crippen molar-refractivity contribution >= 4 is 5.91 Å². The number of hydrazine groups is 1. The highest BCUT2D eigenvalue weighted by Crippen LogP contribution is 2.42. The van der Waals surface area contributed by atoms with Gasteiger partial charge in [-0.2, -0.15) is 0 Å². The first kappa shape index (κ1) is 25.2. The number of aliphatic hydroxyl groups is 1. The van der Waals surface area contributed by atoms with Crippen LogP contribution in [-0.2, 0) is 11.2 Å². The summed E-state index contributed by atoms with van der Waals surface area (Å²) in [7, 11) is 0. The minimum absolute atomic E-state index is 0.0571. The van der Waals surface area contributed by atoms with Crippen molar-refractivity contribution in [3.05, 3.63) is 65.0 Å². The lowest BCUT2D eigenvalue weighted by Gasteiger charge is -2.41. The number of hydrogen-bond acceptors (Lipinski definition) is 5. The summed E-state index contributed by atoms with van der Waals surface area (Å²) in [6, 6.07) is 8.20. The third-order valence-corrected chi connectivity index (χ3v) is 8.60. The Balaban J connectivity index is 1.23. The van der Waals surface area contributed by atoms with E-state index in [-0.39, 0.29) is 30.5 Å². The van der Waals surface area contributed by atoms with Crippen LogP contribution in [0.2, 0.25) is 0 Å². The van der Waals surface area contributed by atoms with Gasteiger partial charge in [-0.3, -0.25) is 15.2 Å². The molecule has 3 aliphatic rings. The Hall–Kier alpha value is -2.42. The lowest BCUT2D eigenvalue weighted by molar-refractivity contribution is -0.128. The Labute approximate surface area is 211 Å². The van der Waals surface area contributed by atoms with E-state index in [9.17, 15) is 18.7 Å². The molecule has 3 fully saturated rings. The van der Waals surface area contributed by atoms with E-state index >= 15 is 0 Å². The molecule has 2 heterocycles. The molecule has 1 aromatic heterocycles. The van der Waals surface area contributed by atoms with E-state index in [2.05, 4.69) is 27.2 Å². The fraction of sp³-hybridized carbons (Fsp3) is 0.571. The molecule has 5 rings (SSSR count). The maximum Gasteiger partial charge on any atom is 0.223 e. The number of aryl methyl sites for hydroxylation is 1. The van der Waals surface area contributed by atoms with Gasteiger partial charge < -0.3 is 10.4 Å². The normalized spacial score (nSPS) is 32.2. The summed E-state index contributed by atoms with van der Waals surface area (Å²) in [6.45, 7) is 1.90. The molecule has 1 saturated heterocycles. The largest absolute Gasteiger partial charge is 0.396 e. The van der Waals surface area contributed by atoms with Crippen LogP contribution in [0.15, 0.2) is 36.5 Å². The van der Waals surface area contributed by atoms with Crippen molar-refractivity contribution in [3.63, 3.8) is 0 Å². The number of aliphatic hydroxyl groups excluding tert-OH is 1. The Kier molecular flexibility index (Phi) is 7.37. The molecule has 0 radical (unpaired) electrons. The Morgan fingerprint density at radius 2 is 2.06 bits per heavy atom. The van der Waals surface area contributed by atoms with E-state index in [4.69, 9.17) is 0 Å². The average molecular weight is 499 g/mol. The molecule has 194 valence electrons. The van der Waals surface area contributed by atoms with E-state index in [1.54, 1.807) is 0 Å². The lowest BCUT2D eigenvalue weighted by atomic mass is 9.69. The molecule has 6 unspecified atom stereocenters. The third kappa shape index (κ3) is 5.31. The maximum absolute atomic E-state index is 14.3. The number of benzene rings is 1. The van der Waals surface area contributed by atoms with Gasteiger partial charge >= 0.3 is 0 Å². The van der Waals surface area contributed by atoms with Crippen molar-refractivity contribution in [3.8, 4) is 0 Å². The van der Waals surface area contributed by atoms with Gasteiger partial charge in [-0.1, -0.05) is 12.5 Å². The minimum Gasteiger partial charge on any atom is -0.396 e. The highest BCUT2D eigenvalue weighted by Gasteiger charge is 2.44. The van der Waals surface area contributed by atoms with Crippen LogP contribution in [0.1, 0.15) is 67.8 Å². The van der Waals surface area contributed by atoms with Crippen molar-refractivity contribution in [2.24, 2.45) is 17.3 Å². The van der Waals surface area contributed by atoms with Crippen molar-refractivity contribution in [1.82, 2.24) is 21.2 Å². The molecule has 1 aliphatic heterocycles. The molecule has 2 aliphatic carbocycles. The summed E-state index contributed by atoms with van der Waals surface area (Å²) in [4.78, 5) is 17.7. The average Bonchev–Trinajstić information content (AvgIpc) is 3.29. The Morgan fingerprint density at radius 3 is 2.83 bits per heavy atom. The minimum atomic E-state index is -0.605. The van der Waals surface area contributed by atoms with Gasteiger partial charge in [-0.05, 0) is 92.5 Å². The number of amides is 1. The van der Waals surface area contributed by atoms with Crippen LogP contribution in [-0.4, -0.2) is 34.7 Å². The topological polar surface area (TPSA) is 86.3 Å². The zero-order valence-corrected chi connectivity index (χ0v) is 20.8. The summed E-state index contributed by atoms with van der Waals surface area (Å²) in [5, 5.41) is 13.6. The van der Waals surface area contributed by atoms with Crippen molar-refractivity contribution in [2.45, 2.75) is 76.4 Å². The fourth-order valence-electron chi connectivity index (χ4n) is 6.71. The van der Waals surface area contributed by atoms with Crippen LogP contribution in [0.25, 0.3) is 0 Å². The van der Waals surface area contributed by atoms with Crippen molar-refractivity contribution in [2.75, 3.05) is 6.61 Å². The first-order valence-electron chi connectivity index (χ1n) is 13.1. The third-order valence-electron chi connectivity index (χ3n) is 8.60. The van der Waals surface area contributed by atoms with Gasteiger partial charge in [0.15, 0.2) is 0 Å². The Bertz CT molecular complexity index is 1100. The van der Waals surface area contributed by atoms with Gasteiger partial charge in [0.1, 0.15) is 11.6 Å². The van der Waals surface area contributed by atoms with E-state index < -0.39 is 17.0 Å². The smallest absolute Gasteiger partial charge is 0.223 e. The van der Waals surface area contributed by atoms with Crippen LogP contribution in [0, 0.1) is 35.8 Å². The number of aromatic nitrogens is 1. The fourth-order valence-corrected chi connectivity index (χ4v) is 6.71. The van der Waals surface area contributed by atoms with E-state index in [0.717, 1.165) is 50.3 Å². The van der Waals surface area contributed by atoms with E-state index in [1.165, 1.54) is 17.7 Å². The summed E-state index contributed by atoms with van der Waals surface area (Å²) in [5.41, 5.74) is 8.94. The van der Waals surface area contributed by atoms with Gasteiger partial charge in [0, 0.05) is 42.6 Å². The van der Waals surface area contributed by atoms with E-state index in [0.29, 0.717) is 30.4 Å². The van der Waals surface area contributed by atoms with E-state index in [1.807, 2.05) is 19.2 Å². The monoisotopic (exact) mass is 498 g/mol. The number of hydrogen-bond donors (Lipinski definition) is 4. The number of nitrogens with one attached hydrogen (secondary N) is 3. The molecule has 36 heavy (non-hydrogen) atoms. The SMILES string of the molecule is Cc1cc(C2NNC3CCC(C(=O)NC4CCCC(CO)(Cc5ccc(F)cc5F)C4)CC32)ccn1. The second-order valence-electron chi connectivity index (χ2n) is 11.1. The van der Waals surface area contributed by atoms with Crippen LogP contribution >= 0.6 is 0 Å². The van der Waals surface area contributed by atoms with Crippen molar-refractivity contribution in [1.29, 1.82) is 0 Å². The maximum atomic E-state index is 14.3. The van der Waals surface area contributed by atoms with Gasteiger partial charge in [0.2, 0.25) is 5.91 Å². The number of nitrogens with zero attached hydrogens (tertiary/aromatic N) is 1. The summed E-state index contributed by atoms with van der Waals surface area (Å²) < 4.78 is 27.7. The number of pyridine rings is 1. The number of halogens is 2. The van der Waals surface area contributed by atoms with Crippen molar-refractivity contribution < 1.29 is 18.7 Å². The van der Waals surface area contributed by atoms with Gasteiger partial charge in [-0.15, -0.1) is 0 Å². The first-order valence-corrected chi connectivity index (χ1v) is 13.1. The molecule has 2 saturated carbocycles. The second-order valence-corrected chi connectivity index (χ2v) is 11.1. The predicted molar refractivity (Wildman–Crippen MR) is 133 cm³/mol. The molecule has 2 aromatic rings. The highest BCUT2D eigenvalue weighted by molar-refractivity contribution is 5.79. The summed E-state index contributed by atoms with van der Waals surface area (Å²) in [5.74, 6) is -0.842. The highest BCUT2D eigenvalue weighted by atomic mass is 19.1. The first-order chi connectivity index (χ1) is 17.4. The van der Waals surface area contributed by atoms with Gasteiger partial charge in [-0.25, -0.2) is 14.2 Å². The molecule has 6 atom stereocenters. The van der Waals surface area contributed by atoms with Crippen LogP contribution in [0.5, 0.6) is 0 Å². The number of carbonyl (C=O) groups excluding carboxylic acids is 1. The molecule has 8 heteroatoms. The molecular weight excluding hydrogens is 462 g/mol. The summed E-state index contributed by atoms with van der Waals surface area (Å²) in [6.07, 6.45) is 7.79. The molecular formula is C28H36F2N4O2. The second kappa shape index (κ2) is 10.5. The number of fused-ring (bicyclic) bond motifs is 1. The molecule has 4 N–H and O–H groups in total. The number of carbonyl (C=O) groups is 1.